The van der Waals surface area contributed by atoms with Gasteiger partial charge in [0.2, 0.25) is 0 Å². The molecule has 1 aliphatic heterocycles. The van der Waals surface area contributed by atoms with Crippen LogP contribution >= 0.6 is 22.6 Å². The zero-order valence-corrected chi connectivity index (χ0v) is 10.7. The van der Waals surface area contributed by atoms with E-state index in [-0.39, 0.29) is 11.5 Å². The van der Waals surface area contributed by atoms with Crippen molar-refractivity contribution in [2.24, 2.45) is 0 Å². The average molecular weight is 335 g/mol. The molecule has 2 rings (SSSR count). The fourth-order valence-corrected chi connectivity index (χ4v) is 2.32. The number of morpholine rings is 1. The van der Waals surface area contributed by atoms with Crippen molar-refractivity contribution in [1.82, 2.24) is 4.90 Å². The maximum atomic E-state index is 13.6. The molecule has 1 aromatic rings. The van der Waals surface area contributed by atoms with E-state index in [1.807, 2.05) is 22.6 Å². The van der Waals surface area contributed by atoms with Crippen molar-refractivity contribution in [3.05, 3.63) is 33.1 Å². The summed E-state index contributed by atoms with van der Waals surface area (Å²) in [6, 6.07) is 4.65. The van der Waals surface area contributed by atoms with Gasteiger partial charge in [-0.15, -0.1) is 0 Å². The molecule has 0 bridgehead atoms. The number of carbonyl (C=O) groups is 1. The van der Waals surface area contributed by atoms with Crippen LogP contribution in [0.15, 0.2) is 18.2 Å². The molecule has 1 heterocycles. The molecule has 1 saturated heterocycles. The van der Waals surface area contributed by atoms with E-state index in [9.17, 15) is 9.18 Å². The van der Waals surface area contributed by atoms with Crippen molar-refractivity contribution in [2.45, 2.75) is 0 Å². The molecule has 1 aliphatic rings. The van der Waals surface area contributed by atoms with E-state index in [0.29, 0.717) is 29.9 Å². The lowest BCUT2D eigenvalue weighted by molar-refractivity contribution is 0.0299. The molecule has 1 fully saturated rings. The van der Waals surface area contributed by atoms with Gasteiger partial charge in [-0.05, 0) is 34.7 Å². The maximum Gasteiger partial charge on any atom is 0.258 e. The van der Waals surface area contributed by atoms with E-state index in [1.165, 1.54) is 6.07 Å². The van der Waals surface area contributed by atoms with Gasteiger partial charge in [-0.3, -0.25) is 4.79 Å². The molecule has 0 radical (unpaired) electrons. The van der Waals surface area contributed by atoms with Gasteiger partial charge < -0.3 is 9.64 Å². The highest BCUT2D eigenvalue weighted by Crippen LogP contribution is 2.18. The predicted octanol–water partition coefficient (Wildman–Crippen LogP) is 1.90. The van der Waals surface area contributed by atoms with Gasteiger partial charge in [-0.1, -0.05) is 6.07 Å². The maximum absolute atomic E-state index is 13.6. The van der Waals surface area contributed by atoms with Gasteiger partial charge in [0.05, 0.1) is 18.8 Å². The van der Waals surface area contributed by atoms with Gasteiger partial charge in [-0.25, -0.2) is 4.39 Å². The zero-order valence-electron chi connectivity index (χ0n) is 8.58. The predicted molar refractivity (Wildman–Crippen MR) is 65.8 cm³/mol. The molecule has 0 saturated carbocycles. The second kappa shape index (κ2) is 5.09. The Balaban J connectivity index is 2.26. The highest BCUT2D eigenvalue weighted by atomic mass is 127. The van der Waals surface area contributed by atoms with Gasteiger partial charge in [-0.2, -0.15) is 0 Å². The number of benzene rings is 1. The average Bonchev–Trinajstić information content (AvgIpc) is 2.30. The number of rotatable bonds is 1. The van der Waals surface area contributed by atoms with Crippen molar-refractivity contribution in [2.75, 3.05) is 26.3 Å². The molecular weight excluding hydrogens is 324 g/mol. The smallest absolute Gasteiger partial charge is 0.258 e. The van der Waals surface area contributed by atoms with Crippen LogP contribution in [0.1, 0.15) is 10.4 Å². The molecule has 0 N–H and O–H groups in total. The number of halogens is 2. The van der Waals surface area contributed by atoms with Crippen LogP contribution < -0.4 is 0 Å². The number of hydrogen-bond acceptors (Lipinski definition) is 2. The Morgan fingerprint density at radius 1 is 1.38 bits per heavy atom. The van der Waals surface area contributed by atoms with E-state index in [2.05, 4.69) is 0 Å². The number of carbonyl (C=O) groups excluding carboxylic acids is 1. The molecule has 1 amide bonds. The molecule has 3 nitrogen and oxygen atoms in total. The number of ether oxygens (including phenoxy) is 1. The third-order valence-electron chi connectivity index (χ3n) is 2.47. The summed E-state index contributed by atoms with van der Waals surface area (Å²) in [6.45, 7) is 2.11. The molecule has 0 spiro atoms. The SMILES string of the molecule is O=C(c1c(F)cccc1I)N1CCOCC1. The van der Waals surface area contributed by atoms with Gasteiger partial charge in [0.15, 0.2) is 0 Å². The molecule has 0 aliphatic carbocycles. The van der Waals surface area contributed by atoms with Crippen molar-refractivity contribution in [3.63, 3.8) is 0 Å². The summed E-state index contributed by atoms with van der Waals surface area (Å²) in [7, 11) is 0. The summed E-state index contributed by atoms with van der Waals surface area (Å²) < 4.78 is 19.4. The Kier molecular flexibility index (Phi) is 3.75. The molecular formula is C11H11FINO2. The zero-order chi connectivity index (χ0) is 11.5. The molecule has 5 heteroatoms. The van der Waals surface area contributed by atoms with Crippen LogP contribution in [0.5, 0.6) is 0 Å². The van der Waals surface area contributed by atoms with Crippen LogP contribution in [0.25, 0.3) is 0 Å². The van der Waals surface area contributed by atoms with Gasteiger partial charge in [0.25, 0.3) is 5.91 Å². The summed E-state index contributed by atoms with van der Waals surface area (Å²) >= 11 is 1.98. The molecule has 0 unspecified atom stereocenters. The van der Waals surface area contributed by atoms with Gasteiger partial charge in [0, 0.05) is 16.7 Å². The Hall–Kier alpha value is -0.690. The highest BCUT2D eigenvalue weighted by Gasteiger charge is 2.23. The standard InChI is InChI=1S/C11H11FINO2/c12-8-2-1-3-9(13)10(8)11(15)14-4-6-16-7-5-14/h1-3H,4-7H2. The Labute approximate surface area is 107 Å². The van der Waals surface area contributed by atoms with Crippen LogP contribution in [-0.4, -0.2) is 37.1 Å². The number of amides is 1. The topological polar surface area (TPSA) is 29.5 Å². The van der Waals surface area contributed by atoms with E-state index in [1.54, 1.807) is 17.0 Å². The monoisotopic (exact) mass is 335 g/mol. The van der Waals surface area contributed by atoms with Crippen LogP contribution in [0.3, 0.4) is 0 Å². The third kappa shape index (κ3) is 2.35. The summed E-state index contributed by atoms with van der Waals surface area (Å²) in [4.78, 5) is 13.7. The van der Waals surface area contributed by atoms with Crippen molar-refractivity contribution < 1.29 is 13.9 Å². The molecule has 1 aromatic carbocycles. The Morgan fingerprint density at radius 2 is 2.06 bits per heavy atom. The first-order valence-electron chi connectivity index (χ1n) is 5.01. The summed E-state index contributed by atoms with van der Waals surface area (Å²) in [5.74, 6) is -0.700. The summed E-state index contributed by atoms with van der Waals surface area (Å²) in [5.41, 5.74) is 0.171. The summed E-state index contributed by atoms with van der Waals surface area (Å²) in [5, 5.41) is 0. The van der Waals surface area contributed by atoms with Crippen LogP contribution in [0.4, 0.5) is 4.39 Å². The Morgan fingerprint density at radius 3 is 2.69 bits per heavy atom. The number of hydrogen-bond donors (Lipinski definition) is 0. The quantitative estimate of drug-likeness (QED) is 0.734. The molecule has 86 valence electrons. The second-order valence-electron chi connectivity index (χ2n) is 3.50. The second-order valence-corrected chi connectivity index (χ2v) is 4.66. The van der Waals surface area contributed by atoms with E-state index in [4.69, 9.17) is 4.74 Å². The van der Waals surface area contributed by atoms with E-state index in [0.717, 1.165) is 0 Å². The fourth-order valence-electron chi connectivity index (χ4n) is 1.63. The lowest BCUT2D eigenvalue weighted by Gasteiger charge is -2.27. The first kappa shape index (κ1) is 11.8. The minimum absolute atomic E-state index is 0.171. The van der Waals surface area contributed by atoms with Gasteiger partial charge >= 0.3 is 0 Å². The fraction of sp³-hybridized carbons (Fsp3) is 0.364. The minimum Gasteiger partial charge on any atom is -0.378 e. The normalized spacial score (nSPS) is 16.2. The highest BCUT2D eigenvalue weighted by molar-refractivity contribution is 14.1. The molecule has 0 aromatic heterocycles. The van der Waals surface area contributed by atoms with Crippen LogP contribution in [0, 0.1) is 9.39 Å². The minimum atomic E-state index is -0.455. The van der Waals surface area contributed by atoms with Crippen molar-refractivity contribution in [3.8, 4) is 0 Å². The van der Waals surface area contributed by atoms with E-state index < -0.39 is 5.82 Å². The number of nitrogens with zero attached hydrogens (tertiary/aromatic N) is 1. The molecule has 0 atom stereocenters. The first-order valence-corrected chi connectivity index (χ1v) is 6.09. The lowest BCUT2D eigenvalue weighted by atomic mass is 10.2. The van der Waals surface area contributed by atoms with Crippen LogP contribution in [0.2, 0.25) is 0 Å². The third-order valence-corrected chi connectivity index (χ3v) is 3.37. The van der Waals surface area contributed by atoms with E-state index >= 15 is 0 Å². The van der Waals surface area contributed by atoms with Crippen molar-refractivity contribution >= 4 is 28.5 Å². The largest absolute Gasteiger partial charge is 0.378 e. The first-order chi connectivity index (χ1) is 7.70. The van der Waals surface area contributed by atoms with Gasteiger partial charge in [0.1, 0.15) is 5.82 Å². The lowest BCUT2D eigenvalue weighted by Crippen LogP contribution is -2.41. The summed E-state index contributed by atoms with van der Waals surface area (Å²) in [6.07, 6.45) is 0. The van der Waals surface area contributed by atoms with Crippen molar-refractivity contribution in [1.29, 1.82) is 0 Å². The Bertz CT molecular complexity index is 385. The van der Waals surface area contributed by atoms with Crippen LogP contribution in [-0.2, 0) is 4.74 Å². The molecule has 16 heavy (non-hydrogen) atoms.